The van der Waals surface area contributed by atoms with Crippen molar-refractivity contribution in [3.63, 3.8) is 0 Å². The van der Waals surface area contributed by atoms with Crippen molar-refractivity contribution in [1.29, 1.82) is 0 Å². The van der Waals surface area contributed by atoms with Crippen molar-refractivity contribution in [2.75, 3.05) is 5.32 Å². The van der Waals surface area contributed by atoms with Gasteiger partial charge in [-0.1, -0.05) is 44.2 Å². The van der Waals surface area contributed by atoms with Crippen LogP contribution in [0.2, 0.25) is 0 Å². The minimum atomic E-state index is -0.655. The van der Waals surface area contributed by atoms with E-state index in [9.17, 15) is 9.59 Å². The van der Waals surface area contributed by atoms with Gasteiger partial charge in [-0.15, -0.1) is 0 Å². The molecule has 5 nitrogen and oxygen atoms in total. The van der Waals surface area contributed by atoms with Gasteiger partial charge in [0.05, 0.1) is 0 Å². The Hall–Kier alpha value is -2.09. The largest absolute Gasteiger partial charge is 0.445 e. The summed E-state index contributed by atoms with van der Waals surface area (Å²) in [6.45, 7) is 4.17. The molecule has 2 aromatic carbocycles. The minimum absolute atomic E-state index is 0.166. The predicted octanol–water partition coefficient (Wildman–Crippen LogP) is 4.57. The van der Waals surface area contributed by atoms with E-state index >= 15 is 0 Å². The van der Waals surface area contributed by atoms with Gasteiger partial charge in [0, 0.05) is 9.26 Å². The molecule has 2 amide bonds. The molecule has 0 fully saturated rings. The molecule has 26 heavy (non-hydrogen) atoms. The van der Waals surface area contributed by atoms with Crippen LogP contribution in [0.1, 0.15) is 25.8 Å². The van der Waals surface area contributed by atoms with Crippen LogP contribution in [0.3, 0.4) is 0 Å². The highest BCUT2D eigenvalue weighted by Crippen LogP contribution is 2.13. The summed E-state index contributed by atoms with van der Waals surface area (Å²) >= 11 is 2.20. The number of carbonyl (C=O) groups is 2. The number of rotatable bonds is 7. The van der Waals surface area contributed by atoms with Crippen molar-refractivity contribution in [2.45, 2.75) is 32.9 Å². The molecule has 0 radical (unpaired) electrons. The van der Waals surface area contributed by atoms with Gasteiger partial charge < -0.3 is 15.4 Å². The van der Waals surface area contributed by atoms with Crippen molar-refractivity contribution >= 4 is 40.3 Å². The lowest BCUT2D eigenvalue weighted by Gasteiger charge is -2.20. The normalized spacial score (nSPS) is 11.7. The van der Waals surface area contributed by atoms with E-state index in [4.69, 9.17) is 4.74 Å². The average molecular weight is 466 g/mol. The summed E-state index contributed by atoms with van der Waals surface area (Å²) in [4.78, 5) is 24.7. The molecule has 1 atom stereocenters. The van der Waals surface area contributed by atoms with Gasteiger partial charge in [0.1, 0.15) is 12.6 Å². The van der Waals surface area contributed by atoms with E-state index in [0.717, 1.165) is 9.13 Å². The van der Waals surface area contributed by atoms with E-state index in [0.29, 0.717) is 12.1 Å². The SMILES string of the molecule is CC(C)C[C@@H](NC(=O)OCc1ccccc1)C(=O)Nc1ccc(I)cc1. The average Bonchev–Trinajstić information content (AvgIpc) is 2.62. The number of hydrogen-bond donors (Lipinski definition) is 2. The maximum atomic E-state index is 12.6. The first-order valence-corrected chi connectivity index (χ1v) is 9.55. The Morgan fingerprint density at radius 2 is 1.69 bits per heavy atom. The summed E-state index contributed by atoms with van der Waals surface area (Å²) < 4.78 is 6.31. The summed E-state index contributed by atoms with van der Waals surface area (Å²) in [5.41, 5.74) is 1.59. The van der Waals surface area contributed by atoms with Gasteiger partial charge in [0.2, 0.25) is 5.91 Å². The van der Waals surface area contributed by atoms with Crippen LogP contribution in [0, 0.1) is 9.49 Å². The lowest BCUT2D eigenvalue weighted by atomic mass is 10.0. The van der Waals surface area contributed by atoms with Crippen molar-refractivity contribution in [2.24, 2.45) is 5.92 Å². The predicted molar refractivity (Wildman–Crippen MR) is 111 cm³/mol. The van der Waals surface area contributed by atoms with Crippen LogP contribution >= 0.6 is 22.6 Å². The molecule has 2 rings (SSSR count). The first kappa shape index (κ1) is 20.2. The Morgan fingerprint density at radius 3 is 2.31 bits per heavy atom. The molecule has 0 heterocycles. The van der Waals surface area contributed by atoms with E-state index < -0.39 is 12.1 Å². The molecule has 2 N–H and O–H groups in total. The van der Waals surface area contributed by atoms with Gasteiger partial charge in [-0.25, -0.2) is 4.79 Å². The first-order valence-electron chi connectivity index (χ1n) is 8.47. The van der Waals surface area contributed by atoms with Crippen molar-refractivity contribution in [1.82, 2.24) is 5.32 Å². The molecule has 0 bridgehead atoms. The Labute approximate surface area is 167 Å². The molecule has 0 unspecified atom stereocenters. The van der Waals surface area contributed by atoms with Gasteiger partial charge in [0.15, 0.2) is 0 Å². The number of benzene rings is 2. The smallest absolute Gasteiger partial charge is 0.408 e. The molecule has 0 aromatic heterocycles. The number of amides is 2. The fourth-order valence-electron chi connectivity index (χ4n) is 2.37. The fourth-order valence-corrected chi connectivity index (χ4v) is 2.73. The van der Waals surface area contributed by atoms with Crippen LogP contribution in [0.5, 0.6) is 0 Å². The highest BCUT2D eigenvalue weighted by atomic mass is 127. The molecule has 2 aromatic rings. The maximum Gasteiger partial charge on any atom is 0.408 e. The zero-order valence-electron chi connectivity index (χ0n) is 14.9. The van der Waals surface area contributed by atoms with E-state index in [1.54, 1.807) is 0 Å². The van der Waals surface area contributed by atoms with Gasteiger partial charge >= 0.3 is 6.09 Å². The monoisotopic (exact) mass is 466 g/mol. The molecule has 6 heteroatoms. The molecule has 0 aliphatic heterocycles. The van der Waals surface area contributed by atoms with E-state index in [1.165, 1.54) is 0 Å². The molecule has 138 valence electrons. The summed E-state index contributed by atoms with van der Waals surface area (Å²) in [6, 6.07) is 16.3. The van der Waals surface area contributed by atoms with Gasteiger partial charge in [0.25, 0.3) is 0 Å². The highest BCUT2D eigenvalue weighted by molar-refractivity contribution is 14.1. The molecular weight excluding hydrogens is 443 g/mol. The van der Waals surface area contributed by atoms with Crippen LogP contribution in [0.4, 0.5) is 10.5 Å². The molecule has 0 aliphatic carbocycles. The fraction of sp³-hybridized carbons (Fsp3) is 0.300. The number of hydrogen-bond acceptors (Lipinski definition) is 3. The molecule has 0 aliphatic rings. The lowest BCUT2D eigenvalue weighted by Crippen LogP contribution is -2.44. The second kappa shape index (κ2) is 10.2. The number of ether oxygens (including phenoxy) is 1. The number of halogens is 1. The number of nitrogens with one attached hydrogen (secondary N) is 2. The molecular formula is C20H23IN2O3. The quantitative estimate of drug-likeness (QED) is 0.588. The van der Waals surface area contributed by atoms with E-state index in [-0.39, 0.29) is 18.4 Å². The summed E-state index contributed by atoms with van der Waals surface area (Å²) in [6.07, 6.45) is -0.0753. The number of carbonyl (C=O) groups excluding carboxylic acids is 2. The van der Waals surface area contributed by atoms with Crippen LogP contribution in [-0.2, 0) is 16.1 Å². The first-order chi connectivity index (χ1) is 12.4. The van der Waals surface area contributed by atoms with E-state index in [1.807, 2.05) is 68.4 Å². The van der Waals surface area contributed by atoms with Gasteiger partial charge in [-0.05, 0) is 64.8 Å². The Balaban J connectivity index is 1.93. The number of anilines is 1. The zero-order chi connectivity index (χ0) is 18.9. The second-order valence-electron chi connectivity index (χ2n) is 6.38. The van der Waals surface area contributed by atoms with Gasteiger partial charge in [-0.2, -0.15) is 0 Å². The minimum Gasteiger partial charge on any atom is -0.445 e. The Bertz CT molecular complexity index is 718. The zero-order valence-corrected chi connectivity index (χ0v) is 17.0. The lowest BCUT2D eigenvalue weighted by molar-refractivity contribution is -0.118. The number of alkyl carbamates (subject to hydrolysis) is 1. The maximum absolute atomic E-state index is 12.6. The third kappa shape index (κ3) is 7.03. The Morgan fingerprint density at radius 1 is 1.04 bits per heavy atom. The van der Waals surface area contributed by atoms with Crippen LogP contribution in [0.25, 0.3) is 0 Å². The third-order valence-electron chi connectivity index (χ3n) is 3.64. The van der Waals surface area contributed by atoms with Crippen molar-refractivity contribution in [3.05, 3.63) is 63.7 Å². The second-order valence-corrected chi connectivity index (χ2v) is 7.63. The summed E-state index contributed by atoms with van der Waals surface area (Å²) in [5.74, 6) is -0.00605. The van der Waals surface area contributed by atoms with Crippen LogP contribution < -0.4 is 10.6 Å². The highest BCUT2D eigenvalue weighted by Gasteiger charge is 2.22. The molecule has 0 saturated carbocycles. The van der Waals surface area contributed by atoms with Gasteiger partial charge in [-0.3, -0.25) is 4.79 Å². The van der Waals surface area contributed by atoms with E-state index in [2.05, 4.69) is 33.2 Å². The topological polar surface area (TPSA) is 67.4 Å². The standard InChI is InChI=1S/C20H23IN2O3/c1-14(2)12-18(19(24)22-17-10-8-16(21)9-11-17)23-20(25)26-13-15-6-4-3-5-7-15/h3-11,14,18H,12-13H2,1-2H3,(H,22,24)(H,23,25)/t18-/m1/s1. The van der Waals surface area contributed by atoms with Crippen molar-refractivity contribution in [3.8, 4) is 0 Å². The van der Waals surface area contributed by atoms with Crippen LogP contribution in [0.15, 0.2) is 54.6 Å². The Kier molecular flexibility index (Phi) is 7.90. The molecule has 0 saturated heterocycles. The molecule has 0 spiro atoms. The summed E-state index contributed by atoms with van der Waals surface area (Å²) in [5, 5.41) is 5.52. The van der Waals surface area contributed by atoms with Crippen LogP contribution in [-0.4, -0.2) is 18.0 Å². The van der Waals surface area contributed by atoms with Crippen molar-refractivity contribution < 1.29 is 14.3 Å². The third-order valence-corrected chi connectivity index (χ3v) is 4.36. The summed E-state index contributed by atoms with van der Waals surface area (Å²) in [7, 11) is 0.